The minimum Gasteiger partial charge on any atom is -0.350 e. The van der Waals surface area contributed by atoms with Crippen LogP contribution in [0, 0.1) is 0 Å². The van der Waals surface area contributed by atoms with Crippen LogP contribution < -0.4 is 10.6 Å². The van der Waals surface area contributed by atoms with Gasteiger partial charge in [0.1, 0.15) is 0 Å². The van der Waals surface area contributed by atoms with E-state index in [0.29, 0.717) is 17.7 Å². The second kappa shape index (κ2) is 7.36. The maximum Gasteiger partial charge on any atom is 0.251 e. The summed E-state index contributed by atoms with van der Waals surface area (Å²) in [5.41, 5.74) is 2.05. The Morgan fingerprint density at radius 2 is 1.50 bits per heavy atom. The topological polar surface area (TPSA) is 71.1 Å². The van der Waals surface area contributed by atoms with Crippen molar-refractivity contribution in [1.82, 2.24) is 15.6 Å². The number of benzene rings is 1. The van der Waals surface area contributed by atoms with E-state index in [2.05, 4.69) is 15.6 Å². The third kappa shape index (κ3) is 4.41. The highest BCUT2D eigenvalue weighted by atomic mass is 16.2. The lowest BCUT2D eigenvalue weighted by Gasteiger charge is -2.09. The first-order valence-corrected chi connectivity index (χ1v) is 7.14. The van der Waals surface area contributed by atoms with Crippen LogP contribution in [0.15, 0.2) is 48.8 Å². The molecule has 2 rings (SSSR count). The zero-order chi connectivity index (χ0) is 15.9. The lowest BCUT2D eigenvalue weighted by atomic mass is 10.1. The zero-order valence-electron chi connectivity index (χ0n) is 12.7. The Hall–Kier alpha value is -2.69. The first-order valence-electron chi connectivity index (χ1n) is 7.14. The third-order valence-corrected chi connectivity index (χ3v) is 3.03. The maximum atomic E-state index is 12.0. The number of pyridine rings is 1. The van der Waals surface area contributed by atoms with E-state index < -0.39 is 0 Å². The van der Waals surface area contributed by atoms with Crippen LogP contribution in [0.4, 0.5) is 0 Å². The fourth-order valence-electron chi connectivity index (χ4n) is 1.90. The molecule has 0 bridgehead atoms. The van der Waals surface area contributed by atoms with Crippen molar-refractivity contribution >= 4 is 11.8 Å². The Morgan fingerprint density at radius 3 is 2.05 bits per heavy atom. The summed E-state index contributed by atoms with van der Waals surface area (Å²) in [5.74, 6) is -0.314. The van der Waals surface area contributed by atoms with Gasteiger partial charge in [0, 0.05) is 36.1 Å². The Balaban J connectivity index is 1.95. The number of amides is 2. The normalized spacial score (nSPS) is 10.3. The van der Waals surface area contributed by atoms with Crippen LogP contribution in [0.3, 0.4) is 0 Å². The molecule has 0 radical (unpaired) electrons. The van der Waals surface area contributed by atoms with Crippen LogP contribution in [-0.4, -0.2) is 22.8 Å². The summed E-state index contributed by atoms with van der Waals surface area (Å²) in [6.45, 7) is 4.24. The fourth-order valence-corrected chi connectivity index (χ4v) is 1.90. The predicted octanol–water partition coefficient (Wildman–Crippen LogP) is 2.15. The molecule has 114 valence electrons. The van der Waals surface area contributed by atoms with Gasteiger partial charge in [-0.3, -0.25) is 14.6 Å². The molecule has 0 saturated heterocycles. The molecule has 5 heteroatoms. The lowest BCUT2D eigenvalue weighted by Crippen LogP contribution is -2.30. The summed E-state index contributed by atoms with van der Waals surface area (Å²) >= 11 is 0. The van der Waals surface area contributed by atoms with Crippen molar-refractivity contribution in [3.63, 3.8) is 0 Å². The Kier molecular flexibility index (Phi) is 5.25. The van der Waals surface area contributed by atoms with Gasteiger partial charge in [-0.15, -0.1) is 0 Å². The van der Waals surface area contributed by atoms with Gasteiger partial charge >= 0.3 is 0 Å². The molecule has 1 aromatic carbocycles. The molecule has 0 aliphatic rings. The zero-order valence-corrected chi connectivity index (χ0v) is 12.7. The Bertz CT molecular complexity index is 637. The van der Waals surface area contributed by atoms with Gasteiger partial charge in [-0.25, -0.2) is 0 Å². The lowest BCUT2D eigenvalue weighted by molar-refractivity contribution is 0.0934. The second-order valence-corrected chi connectivity index (χ2v) is 5.24. The summed E-state index contributed by atoms with van der Waals surface area (Å²) in [4.78, 5) is 27.8. The summed E-state index contributed by atoms with van der Waals surface area (Å²) in [5, 5.41) is 5.64. The smallest absolute Gasteiger partial charge is 0.251 e. The second-order valence-electron chi connectivity index (χ2n) is 5.24. The van der Waals surface area contributed by atoms with Gasteiger partial charge in [0.15, 0.2) is 0 Å². The van der Waals surface area contributed by atoms with E-state index in [4.69, 9.17) is 0 Å². The number of hydrogen-bond acceptors (Lipinski definition) is 3. The molecule has 0 aliphatic heterocycles. The van der Waals surface area contributed by atoms with E-state index in [1.807, 2.05) is 26.0 Å². The Morgan fingerprint density at radius 1 is 0.955 bits per heavy atom. The molecule has 22 heavy (non-hydrogen) atoms. The summed E-state index contributed by atoms with van der Waals surface area (Å²) in [7, 11) is 0. The minimum absolute atomic E-state index is 0.0795. The van der Waals surface area contributed by atoms with E-state index in [-0.39, 0.29) is 17.9 Å². The average Bonchev–Trinajstić information content (AvgIpc) is 2.53. The third-order valence-electron chi connectivity index (χ3n) is 3.03. The van der Waals surface area contributed by atoms with Gasteiger partial charge in [0.2, 0.25) is 0 Å². The number of carbonyl (C=O) groups excluding carboxylic acids is 2. The minimum atomic E-state index is -0.173. The molecule has 2 amide bonds. The highest BCUT2D eigenvalue weighted by Crippen LogP contribution is 2.06. The highest BCUT2D eigenvalue weighted by Gasteiger charge is 2.09. The van der Waals surface area contributed by atoms with E-state index in [1.54, 1.807) is 36.7 Å². The summed E-state index contributed by atoms with van der Waals surface area (Å²) < 4.78 is 0. The van der Waals surface area contributed by atoms with Gasteiger partial charge in [-0.1, -0.05) is 0 Å². The first-order chi connectivity index (χ1) is 10.6. The van der Waals surface area contributed by atoms with Crippen LogP contribution in [0.1, 0.15) is 40.1 Å². The Labute approximate surface area is 129 Å². The van der Waals surface area contributed by atoms with Crippen LogP contribution >= 0.6 is 0 Å². The monoisotopic (exact) mass is 297 g/mol. The molecule has 0 unspecified atom stereocenters. The van der Waals surface area contributed by atoms with Gasteiger partial charge < -0.3 is 10.6 Å². The maximum absolute atomic E-state index is 12.0. The van der Waals surface area contributed by atoms with E-state index in [1.165, 1.54) is 0 Å². The molecular weight excluding hydrogens is 278 g/mol. The summed E-state index contributed by atoms with van der Waals surface area (Å²) in [6.07, 6.45) is 3.37. The predicted molar refractivity (Wildman–Crippen MR) is 84.5 cm³/mol. The number of carbonyl (C=O) groups is 2. The summed E-state index contributed by atoms with van der Waals surface area (Å²) in [6, 6.07) is 10.4. The van der Waals surface area contributed by atoms with Gasteiger partial charge in [-0.2, -0.15) is 0 Å². The van der Waals surface area contributed by atoms with E-state index >= 15 is 0 Å². The number of rotatable bonds is 5. The van der Waals surface area contributed by atoms with Gasteiger partial charge in [0.05, 0.1) is 0 Å². The molecule has 0 saturated carbocycles. The standard InChI is InChI=1S/C17H19N3O2/c1-12(2)20-17(22)15-5-3-14(4-6-15)16(21)19-11-13-7-9-18-10-8-13/h3-10,12H,11H2,1-2H3,(H,19,21)(H,20,22). The molecular formula is C17H19N3O2. The molecule has 1 heterocycles. The van der Waals surface area contributed by atoms with E-state index in [9.17, 15) is 9.59 Å². The van der Waals surface area contributed by atoms with Crippen LogP contribution in [0.2, 0.25) is 0 Å². The van der Waals surface area contributed by atoms with Crippen molar-refractivity contribution in [3.05, 3.63) is 65.5 Å². The first kappa shape index (κ1) is 15.7. The molecule has 1 aromatic heterocycles. The molecule has 2 N–H and O–H groups in total. The molecule has 2 aromatic rings. The SMILES string of the molecule is CC(C)NC(=O)c1ccc(C(=O)NCc2ccncc2)cc1. The quantitative estimate of drug-likeness (QED) is 0.888. The number of nitrogens with zero attached hydrogens (tertiary/aromatic N) is 1. The van der Waals surface area contributed by atoms with Crippen molar-refractivity contribution in [2.45, 2.75) is 26.4 Å². The molecule has 0 aliphatic carbocycles. The van der Waals surface area contributed by atoms with Crippen molar-refractivity contribution in [3.8, 4) is 0 Å². The molecule has 5 nitrogen and oxygen atoms in total. The largest absolute Gasteiger partial charge is 0.350 e. The van der Waals surface area contributed by atoms with Crippen molar-refractivity contribution in [2.24, 2.45) is 0 Å². The van der Waals surface area contributed by atoms with Crippen LogP contribution in [-0.2, 0) is 6.54 Å². The van der Waals surface area contributed by atoms with Crippen LogP contribution in [0.5, 0.6) is 0 Å². The fraction of sp³-hybridized carbons (Fsp3) is 0.235. The average molecular weight is 297 g/mol. The molecule has 0 fully saturated rings. The van der Waals surface area contributed by atoms with Crippen molar-refractivity contribution < 1.29 is 9.59 Å². The van der Waals surface area contributed by atoms with Crippen molar-refractivity contribution in [1.29, 1.82) is 0 Å². The molecule has 0 atom stereocenters. The van der Waals surface area contributed by atoms with Crippen molar-refractivity contribution in [2.75, 3.05) is 0 Å². The highest BCUT2D eigenvalue weighted by molar-refractivity contribution is 5.97. The van der Waals surface area contributed by atoms with Crippen LogP contribution in [0.25, 0.3) is 0 Å². The van der Waals surface area contributed by atoms with Gasteiger partial charge in [-0.05, 0) is 55.8 Å². The van der Waals surface area contributed by atoms with Gasteiger partial charge in [0.25, 0.3) is 11.8 Å². The number of nitrogens with one attached hydrogen (secondary N) is 2. The van der Waals surface area contributed by atoms with E-state index in [0.717, 1.165) is 5.56 Å². The number of hydrogen-bond donors (Lipinski definition) is 2. The molecule has 0 spiro atoms. The number of aromatic nitrogens is 1.